The lowest BCUT2D eigenvalue weighted by molar-refractivity contribution is 0.0326. The molecule has 0 saturated carbocycles. The lowest BCUT2D eigenvalue weighted by Crippen LogP contribution is -2.11. The number of hydrogen-bond acceptors (Lipinski definition) is 2. The molecule has 1 aliphatic rings. The van der Waals surface area contributed by atoms with Crippen molar-refractivity contribution in [2.45, 2.75) is 18.6 Å². The van der Waals surface area contributed by atoms with Gasteiger partial charge >= 0.3 is 0 Å². The molecule has 2 heteroatoms. The molecule has 1 aromatic rings. The number of rotatable bonds is 0. The summed E-state index contributed by atoms with van der Waals surface area (Å²) in [4.78, 5) is 0. The van der Waals surface area contributed by atoms with Crippen LogP contribution >= 0.6 is 0 Å². The van der Waals surface area contributed by atoms with Crippen LogP contribution in [-0.2, 0) is 6.42 Å². The maximum Gasteiger partial charge on any atom is 0.105 e. The Morgan fingerprint density at radius 3 is 2.64 bits per heavy atom. The van der Waals surface area contributed by atoms with Gasteiger partial charge in [0.25, 0.3) is 0 Å². The summed E-state index contributed by atoms with van der Waals surface area (Å²) in [5, 5.41) is 18.7. The molecule has 1 aromatic carbocycles. The first-order chi connectivity index (χ1) is 5.29. The summed E-state index contributed by atoms with van der Waals surface area (Å²) < 4.78 is 0. The van der Waals surface area contributed by atoms with E-state index in [2.05, 4.69) is 0 Å². The second-order valence-electron chi connectivity index (χ2n) is 2.92. The standard InChI is InChI=1S/C9H10O2/c10-8-5-6-3-1-2-4-7(6)9(8)11/h1-4,8-11H,5H2. The maximum atomic E-state index is 9.40. The van der Waals surface area contributed by atoms with Crippen LogP contribution in [0.25, 0.3) is 0 Å². The van der Waals surface area contributed by atoms with Crippen LogP contribution in [-0.4, -0.2) is 16.3 Å². The highest BCUT2D eigenvalue weighted by molar-refractivity contribution is 5.34. The van der Waals surface area contributed by atoms with Gasteiger partial charge < -0.3 is 10.2 Å². The largest absolute Gasteiger partial charge is 0.390 e. The quantitative estimate of drug-likeness (QED) is 0.569. The first kappa shape index (κ1) is 6.83. The van der Waals surface area contributed by atoms with Crippen molar-refractivity contribution in [2.75, 3.05) is 0 Å². The Hall–Kier alpha value is -0.860. The van der Waals surface area contributed by atoms with E-state index in [1.807, 2.05) is 24.3 Å². The molecule has 1 aliphatic carbocycles. The number of aliphatic hydroxyl groups is 2. The van der Waals surface area contributed by atoms with Crippen molar-refractivity contribution in [3.63, 3.8) is 0 Å². The van der Waals surface area contributed by atoms with E-state index in [1.165, 1.54) is 0 Å². The van der Waals surface area contributed by atoms with Crippen molar-refractivity contribution in [1.29, 1.82) is 0 Å². The second kappa shape index (κ2) is 2.32. The van der Waals surface area contributed by atoms with Crippen LogP contribution in [0.3, 0.4) is 0 Å². The zero-order chi connectivity index (χ0) is 7.84. The van der Waals surface area contributed by atoms with Crippen LogP contribution in [0.4, 0.5) is 0 Å². The minimum Gasteiger partial charge on any atom is -0.390 e. The Morgan fingerprint density at radius 1 is 1.18 bits per heavy atom. The molecule has 0 saturated heterocycles. The summed E-state index contributed by atoms with van der Waals surface area (Å²) in [5.41, 5.74) is 1.94. The van der Waals surface area contributed by atoms with Crippen LogP contribution in [0, 0.1) is 0 Å². The smallest absolute Gasteiger partial charge is 0.105 e. The van der Waals surface area contributed by atoms with Gasteiger partial charge in [-0.05, 0) is 11.1 Å². The third-order valence-electron chi connectivity index (χ3n) is 2.17. The van der Waals surface area contributed by atoms with Crippen LogP contribution in [0.5, 0.6) is 0 Å². The molecule has 0 heterocycles. The molecule has 0 spiro atoms. The Balaban J connectivity index is 2.47. The van der Waals surface area contributed by atoms with Crippen LogP contribution in [0.2, 0.25) is 0 Å². The van der Waals surface area contributed by atoms with E-state index in [-0.39, 0.29) is 0 Å². The first-order valence-corrected chi connectivity index (χ1v) is 3.73. The molecule has 0 amide bonds. The molecule has 2 nitrogen and oxygen atoms in total. The molecule has 0 radical (unpaired) electrons. The molecule has 2 unspecified atom stereocenters. The van der Waals surface area contributed by atoms with E-state index < -0.39 is 12.2 Å². The van der Waals surface area contributed by atoms with Crippen molar-refractivity contribution < 1.29 is 10.2 Å². The van der Waals surface area contributed by atoms with E-state index in [9.17, 15) is 10.2 Å². The Labute approximate surface area is 65.1 Å². The molecule has 58 valence electrons. The molecular weight excluding hydrogens is 140 g/mol. The van der Waals surface area contributed by atoms with E-state index >= 15 is 0 Å². The zero-order valence-corrected chi connectivity index (χ0v) is 6.07. The monoisotopic (exact) mass is 150 g/mol. The lowest BCUT2D eigenvalue weighted by Gasteiger charge is -2.06. The maximum absolute atomic E-state index is 9.40. The Kier molecular flexibility index (Phi) is 1.44. The van der Waals surface area contributed by atoms with Gasteiger partial charge in [0.1, 0.15) is 6.10 Å². The number of hydrogen-bond donors (Lipinski definition) is 2. The second-order valence-corrected chi connectivity index (χ2v) is 2.92. The fraction of sp³-hybridized carbons (Fsp3) is 0.333. The number of benzene rings is 1. The predicted octanol–water partition coefficient (Wildman–Crippen LogP) is 0.637. The fourth-order valence-corrected chi connectivity index (χ4v) is 1.55. The summed E-state index contributed by atoms with van der Waals surface area (Å²) in [6.45, 7) is 0. The van der Waals surface area contributed by atoms with Gasteiger partial charge in [0.05, 0.1) is 6.10 Å². The summed E-state index contributed by atoms with van der Waals surface area (Å²) in [7, 11) is 0. The van der Waals surface area contributed by atoms with Gasteiger partial charge in [-0.25, -0.2) is 0 Å². The van der Waals surface area contributed by atoms with Gasteiger partial charge in [-0.1, -0.05) is 24.3 Å². The Morgan fingerprint density at radius 2 is 1.91 bits per heavy atom. The highest BCUT2D eigenvalue weighted by atomic mass is 16.3. The highest BCUT2D eigenvalue weighted by Gasteiger charge is 2.28. The third-order valence-corrected chi connectivity index (χ3v) is 2.17. The predicted molar refractivity (Wildman–Crippen MR) is 41.1 cm³/mol. The topological polar surface area (TPSA) is 40.5 Å². The van der Waals surface area contributed by atoms with Gasteiger partial charge in [-0.15, -0.1) is 0 Å². The van der Waals surface area contributed by atoms with Gasteiger partial charge in [0.15, 0.2) is 0 Å². The van der Waals surface area contributed by atoms with Crippen molar-refractivity contribution in [2.24, 2.45) is 0 Å². The summed E-state index contributed by atoms with van der Waals surface area (Å²) in [6.07, 6.45) is -0.698. The molecule has 2 atom stereocenters. The fourth-order valence-electron chi connectivity index (χ4n) is 1.55. The van der Waals surface area contributed by atoms with E-state index in [0.29, 0.717) is 6.42 Å². The number of fused-ring (bicyclic) bond motifs is 1. The van der Waals surface area contributed by atoms with Gasteiger partial charge in [0.2, 0.25) is 0 Å². The van der Waals surface area contributed by atoms with Crippen LogP contribution < -0.4 is 0 Å². The zero-order valence-electron chi connectivity index (χ0n) is 6.07. The molecule has 0 aliphatic heterocycles. The highest BCUT2D eigenvalue weighted by Crippen LogP contribution is 2.30. The van der Waals surface area contributed by atoms with Crippen LogP contribution in [0.1, 0.15) is 17.2 Å². The van der Waals surface area contributed by atoms with Crippen LogP contribution in [0.15, 0.2) is 24.3 Å². The van der Waals surface area contributed by atoms with E-state index in [1.54, 1.807) is 0 Å². The summed E-state index contributed by atoms with van der Waals surface area (Å²) in [5.74, 6) is 0. The average Bonchev–Trinajstić information content (AvgIpc) is 2.30. The van der Waals surface area contributed by atoms with Crippen molar-refractivity contribution >= 4 is 0 Å². The molecule has 0 bridgehead atoms. The third kappa shape index (κ3) is 0.951. The summed E-state index contributed by atoms with van der Waals surface area (Å²) in [6, 6.07) is 7.59. The lowest BCUT2D eigenvalue weighted by atomic mass is 10.1. The molecule has 0 fully saturated rings. The normalized spacial score (nSPS) is 28.5. The minimum absolute atomic E-state index is 0.581. The first-order valence-electron chi connectivity index (χ1n) is 3.73. The van der Waals surface area contributed by atoms with E-state index in [0.717, 1.165) is 11.1 Å². The van der Waals surface area contributed by atoms with Crippen molar-refractivity contribution in [3.05, 3.63) is 35.4 Å². The van der Waals surface area contributed by atoms with Gasteiger partial charge in [0, 0.05) is 6.42 Å². The molecular formula is C9H10O2. The SMILES string of the molecule is OC1Cc2ccccc2C1O. The molecule has 0 aromatic heterocycles. The van der Waals surface area contributed by atoms with E-state index in [4.69, 9.17) is 0 Å². The minimum atomic E-state index is -0.675. The number of aliphatic hydroxyl groups excluding tert-OH is 2. The molecule has 11 heavy (non-hydrogen) atoms. The molecule has 2 N–H and O–H groups in total. The van der Waals surface area contributed by atoms with Crippen molar-refractivity contribution in [3.8, 4) is 0 Å². The van der Waals surface area contributed by atoms with Crippen molar-refractivity contribution in [1.82, 2.24) is 0 Å². The molecule has 2 rings (SSSR count). The Bertz CT molecular complexity index is 270. The summed E-state index contributed by atoms with van der Waals surface area (Å²) >= 11 is 0. The van der Waals surface area contributed by atoms with Gasteiger partial charge in [-0.2, -0.15) is 0 Å². The van der Waals surface area contributed by atoms with Gasteiger partial charge in [-0.3, -0.25) is 0 Å². The average molecular weight is 150 g/mol.